The van der Waals surface area contributed by atoms with Crippen molar-refractivity contribution in [2.45, 2.75) is 12.5 Å². The Morgan fingerprint density at radius 1 is 1.33 bits per heavy atom. The summed E-state index contributed by atoms with van der Waals surface area (Å²) in [4.78, 5) is 37.4. The number of H-pyrrole nitrogens is 2. The summed E-state index contributed by atoms with van der Waals surface area (Å²) >= 11 is 0. The number of aromatic amines is 2. The highest BCUT2D eigenvalue weighted by atomic mass is 79.9. The molecule has 2 rings (SSSR count). The third kappa shape index (κ3) is 3.33. The summed E-state index contributed by atoms with van der Waals surface area (Å²) in [5.41, 5.74) is 4.10. The van der Waals surface area contributed by atoms with Crippen molar-refractivity contribution >= 4 is 33.7 Å². The van der Waals surface area contributed by atoms with Crippen LogP contribution >= 0.6 is 17.0 Å². The molecule has 1 heterocycles. The summed E-state index contributed by atoms with van der Waals surface area (Å²) in [5, 5.41) is 19.6. The van der Waals surface area contributed by atoms with Crippen molar-refractivity contribution in [1.82, 2.24) is 9.97 Å². The summed E-state index contributed by atoms with van der Waals surface area (Å²) < 4.78 is 0. The zero-order chi connectivity index (χ0) is 14.9. The standard InChI is InChI=1S/C11H9N5O4.BrH/c12-4-6(13)1-5-2-7(16(19)20)3-8-9(5)15-11(18)10(17)14-8;/h2-3,6H,1,13H2,(H,14,17)(H,15,18);1H. The fourth-order valence-corrected chi connectivity index (χ4v) is 1.83. The molecule has 0 fully saturated rings. The molecule has 0 saturated carbocycles. The minimum Gasteiger partial charge on any atom is -0.316 e. The number of halogens is 1. The van der Waals surface area contributed by atoms with Gasteiger partial charge in [-0.25, -0.2) is 0 Å². The van der Waals surface area contributed by atoms with Gasteiger partial charge in [0.25, 0.3) is 5.69 Å². The molecule has 1 aromatic heterocycles. The highest BCUT2D eigenvalue weighted by Gasteiger charge is 2.15. The third-order valence-corrected chi connectivity index (χ3v) is 2.71. The van der Waals surface area contributed by atoms with E-state index in [2.05, 4.69) is 9.97 Å². The number of hydrogen-bond acceptors (Lipinski definition) is 6. The number of fused-ring (bicyclic) bond motifs is 1. The number of rotatable bonds is 3. The molecule has 2 aromatic rings. The third-order valence-electron chi connectivity index (χ3n) is 2.71. The van der Waals surface area contributed by atoms with Gasteiger partial charge in [-0.15, -0.1) is 17.0 Å². The second-order valence-electron chi connectivity index (χ2n) is 4.13. The predicted molar refractivity (Wildman–Crippen MR) is 79.5 cm³/mol. The number of nitro groups is 1. The van der Waals surface area contributed by atoms with E-state index in [0.29, 0.717) is 5.56 Å². The van der Waals surface area contributed by atoms with E-state index in [1.165, 1.54) is 6.07 Å². The number of nitro benzene ring substituents is 1. The molecule has 0 saturated heterocycles. The largest absolute Gasteiger partial charge is 0.316 e. The molecule has 9 nitrogen and oxygen atoms in total. The van der Waals surface area contributed by atoms with Crippen molar-refractivity contribution in [3.8, 4) is 6.07 Å². The Labute approximate surface area is 127 Å². The Hall–Kier alpha value is -2.51. The number of non-ortho nitro benzene ring substituents is 1. The van der Waals surface area contributed by atoms with E-state index in [-0.39, 0.29) is 40.1 Å². The lowest BCUT2D eigenvalue weighted by Crippen LogP contribution is -2.29. The van der Waals surface area contributed by atoms with Gasteiger partial charge in [0, 0.05) is 18.6 Å². The molecule has 1 atom stereocenters. The highest BCUT2D eigenvalue weighted by molar-refractivity contribution is 8.93. The van der Waals surface area contributed by atoms with Crippen molar-refractivity contribution in [2.24, 2.45) is 5.73 Å². The summed E-state index contributed by atoms with van der Waals surface area (Å²) in [6.07, 6.45) is 0.0106. The lowest BCUT2D eigenvalue weighted by molar-refractivity contribution is -0.384. The average Bonchev–Trinajstić information content (AvgIpc) is 2.40. The van der Waals surface area contributed by atoms with Crippen molar-refractivity contribution in [1.29, 1.82) is 5.26 Å². The molecule has 1 unspecified atom stereocenters. The number of aromatic nitrogens is 2. The van der Waals surface area contributed by atoms with Crippen LogP contribution in [0.3, 0.4) is 0 Å². The van der Waals surface area contributed by atoms with Gasteiger partial charge < -0.3 is 15.7 Å². The maximum atomic E-state index is 11.3. The van der Waals surface area contributed by atoms with Gasteiger partial charge in [-0.1, -0.05) is 0 Å². The van der Waals surface area contributed by atoms with Gasteiger partial charge in [-0.2, -0.15) is 5.26 Å². The lowest BCUT2D eigenvalue weighted by Gasteiger charge is -2.07. The first-order valence-electron chi connectivity index (χ1n) is 5.51. The molecular weight excluding hydrogens is 346 g/mol. The molecule has 10 heteroatoms. The summed E-state index contributed by atoms with van der Waals surface area (Å²) in [6.45, 7) is 0. The van der Waals surface area contributed by atoms with E-state index < -0.39 is 22.1 Å². The predicted octanol–water partition coefficient (Wildman–Crippen LogP) is 0.0959. The molecule has 0 aliphatic carbocycles. The van der Waals surface area contributed by atoms with Gasteiger partial charge >= 0.3 is 11.1 Å². The Morgan fingerprint density at radius 3 is 2.52 bits per heavy atom. The normalized spacial score (nSPS) is 11.4. The minimum atomic E-state index is -0.909. The van der Waals surface area contributed by atoms with Crippen molar-refractivity contribution in [2.75, 3.05) is 0 Å². The molecule has 21 heavy (non-hydrogen) atoms. The molecule has 0 bridgehead atoms. The highest BCUT2D eigenvalue weighted by Crippen LogP contribution is 2.22. The molecule has 0 aliphatic rings. The van der Waals surface area contributed by atoms with Gasteiger partial charge in [0.05, 0.1) is 28.1 Å². The van der Waals surface area contributed by atoms with Gasteiger partial charge in [0.1, 0.15) is 0 Å². The van der Waals surface area contributed by atoms with E-state index in [1.54, 1.807) is 6.07 Å². The first-order valence-corrected chi connectivity index (χ1v) is 5.51. The molecule has 110 valence electrons. The lowest BCUT2D eigenvalue weighted by atomic mass is 10.0. The van der Waals surface area contributed by atoms with Crippen LogP contribution in [-0.4, -0.2) is 20.9 Å². The molecule has 0 amide bonds. The maximum Gasteiger partial charge on any atom is 0.314 e. The van der Waals surface area contributed by atoms with Crippen molar-refractivity contribution in [3.63, 3.8) is 0 Å². The first kappa shape index (κ1) is 16.5. The Balaban J connectivity index is 0.00000220. The van der Waals surface area contributed by atoms with Crippen LogP contribution in [0.15, 0.2) is 21.7 Å². The molecule has 0 aliphatic heterocycles. The van der Waals surface area contributed by atoms with Gasteiger partial charge in [0.2, 0.25) is 0 Å². The zero-order valence-electron chi connectivity index (χ0n) is 10.5. The Morgan fingerprint density at radius 2 is 1.95 bits per heavy atom. The smallest absolute Gasteiger partial charge is 0.314 e. The fourth-order valence-electron chi connectivity index (χ4n) is 1.83. The van der Waals surface area contributed by atoms with Crippen molar-refractivity contribution < 1.29 is 4.92 Å². The minimum absolute atomic E-state index is 0. The van der Waals surface area contributed by atoms with Crippen molar-refractivity contribution in [3.05, 3.63) is 48.5 Å². The van der Waals surface area contributed by atoms with E-state index in [0.717, 1.165) is 6.07 Å². The number of nitrogens with zero attached hydrogens (tertiary/aromatic N) is 2. The van der Waals surface area contributed by atoms with Crippen LogP contribution in [0, 0.1) is 21.4 Å². The molecule has 0 radical (unpaired) electrons. The van der Waals surface area contributed by atoms with Crippen LogP contribution < -0.4 is 16.9 Å². The van der Waals surface area contributed by atoms with Crippen LogP contribution in [0.5, 0.6) is 0 Å². The molecular formula is C11H10BrN5O4. The monoisotopic (exact) mass is 355 g/mol. The van der Waals surface area contributed by atoms with Crippen LogP contribution in [-0.2, 0) is 6.42 Å². The van der Waals surface area contributed by atoms with E-state index in [4.69, 9.17) is 11.0 Å². The Bertz CT molecular complexity index is 850. The molecule has 4 N–H and O–H groups in total. The van der Waals surface area contributed by atoms with E-state index in [1.807, 2.05) is 0 Å². The number of nitrogens with two attached hydrogens (primary N) is 1. The number of hydrogen-bond donors (Lipinski definition) is 3. The SMILES string of the molecule is Br.N#CC(N)Cc1cc([N+](=O)[O-])cc2[nH]c(=O)c(=O)[nH]c12. The maximum absolute atomic E-state index is 11.3. The van der Waals surface area contributed by atoms with E-state index in [9.17, 15) is 19.7 Å². The first-order chi connectivity index (χ1) is 9.42. The van der Waals surface area contributed by atoms with Gasteiger partial charge in [-0.3, -0.25) is 19.7 Å². The van der Waals surface area contributed by atoms with Gasteiger partial charge in [0.15, 0.2) is 0 Å². The quantitative estimate of drug-likeness (QED) is 0.402. The zero-order valence-corrected chi connectivity index (χ0v) is 12.2. The van der Waals surface area contributed by atoms with Crippen LogP contribution in [0.25, 0.3) is 11.0 Å². The molecule has 1 aromatic carbocycles. The summed E-state index contributed by atoms with van der Waals surface area (Å²) in [7, 11) is 0. The number of nitriles is 1. The summed E-state index contributed by atoms with van der Waals surface area (Å²) in [5.74, 6) is 0. The van der Waals surface area contributed by atoms with Crippen LogP contribution in [0.1, 0.15) is 5.56 Å². The topological polar surface area (TPSA) is 159 Å². The van der Waals surface area contributed by atoms with Crippen LogP contribution in [0.4, 0.5) is 5.69 Å². The summed E-state index contributed by atoms with van der Waals surface area (Å²) in [6, 6.07) is 3.27. The van der Waals surface area contributed by atoms with Crippen LogP contribution in [0.2, 0.25) is 0 Å². The second kappa shape index (κ2) is 6.29. The molecule has 0 spiro atoms. The van der Waals surface area contributed by atoms with E-state index >= 15 is 0 Å². The Kier molecular flexibility index (Phi) is 4.96. The fraction of sp³-hybridized carbons (Fsp3) is 0.182. The average molecular weight is 356 g/mol. The second-order valence-corrected chi connectivity index (χ2v) is 4.13. The van der Waals surface area contributed by atoms with Gasteiger partial charge in [-0.05, 0) is 5.56 Å². The number of benzene rings is 1. The number of nitrogens with one attached hydrogen (secondary N) is 2.